The number of ketones is 1. The van der Waals surface area contributed by atoms with Gasteiger partial charge in [0.05, 0.1) is 18.9 Å². The van der Waals surface area contributed by atoms with Crippen LogP contribution in [-0.2, 0) is 4.74 Å². The number of thioether (sulfide) groups is 1. The topological polar surface area (TPSA) is 76.0 Å². The van der Waals surface area contributed by atoms with Gasteiger partial charge in [0.2, 0.25) is 5.95 Å². The van der Waals surface area contributed by atoms with Crippen LogP contribution in [0.25, 0.3) is 16.6 Å². The van der Waals surface area contributed by atoms with Gasteiger partial charge in [-0.1, -0.05) is 78.5 Å². The molecule has 3 aromatic carbocycles. The molecule has 5 aromatic rings. The first-order valence-electron chi connectivity index (χ1n) is 11.9. The van der Waals surface area contributed by atoms with E-state index in [0.29, 0.717) is 23.9 Å². The molecule has 6 rings (SSSR count). The van der Waals surface area contributed by atoms with Crippen LogP contribution in [0.5, 0.6) is 0 Å². The van der Waals surface area contributed by atoms with Gasteiger partial charge in [0.15, 0.2) is 10.9 Å². The van der Waals surface area contributed by atoms with E-state index in [1.165, 1.54) is 11.8 Å². The Morgan fingerprint density at radius 1 is 0.889 bits per heavy atom. The van der Waals surface area contributed by atoms with Gasteiger partial charge in [-0.15, -0.1) is 10.2 Å². The molecular formula is C28H25N5O2S. The number of hydrogen-bond acceptors (Lipinski definition) is 6. The standard InChI is InChI=1S/C28H25N5O2S/c34-25(23-19-29-24-14-8-7-13-22(23)24)26(20-9-3-1-4-10-20)36-28-31-30-27(32-15-17-35-18-16-32)33(28)21-11-5-2-6-12-21/h1-14,19,26,29H,15-18H2. The van der Waals surface area contributed by atoms with Gasteiger partial charge in [-0.2, -0.15) is 0 Å². The first-order chi connectivity index (χ1) is 17.8. The molecule has 1 fully saturated rings. The lowest BCUT2D eigenvalue weighted by molar-refractivity contribution is 0.0991. The predicted molar refractivity (Wildman–Crippen MR) is 142 cm³/mol. The van der Waals surface area contributed by atoms with E-state index in [4.69, 9.17) is 4.74 Å². The molecule has 0 amide bonds. The Balaban J connectivity index is 1.44. The summed E-state index contributed by atoms with van der Waals surface area (Å²) in [6, 6.07) is 27.8. The van der Waals surface area contributed by atoms with Crippen LogP contribution in [0.2, 0.25) is 0 Å². The lowest BCUT2D eigenvalue weighted by Gasteiger charge is -2.28. The highest BCUT2D eigenvalue weighted by molar-refractivity contribution is 8.00. The van der Waals surface area contributed by atoms with Crippen molar-refractivity contribution in [1.29, 1.82) is 0 Å². The minimum Gasteiger partial charge on any atom is -0.378 e. The van der Waals surface area contributed by atoms with E-state index >= 15 is 0 Å². The summed E-state index contributed by atoms with van der Waals surface area (Å²) in [4.78, 5) is 19.5. The monoisotopic (exact) mass is 495 g/mol. The number of carbonyl (C=O) groups excluding carboxylic acids is 1. The molecule has 8 heteroatoms. The molecule has 7 nitrogen and oxygen atoms in total. The van der Waals surface area contributed by atoms with Crippen molar-refractivity contribution in [1.82, 2.24) is 19.7 Å². The highest BCUT2D eigenvalue weighted by Crippen LogP contribution is 2.40. The van der Waals surface area contributed by atoms with E-state index in [2.05, 4.69) is 24.6 Å². The second-order valence-electron chi connectivity index (χ2n) is 8.57. The molecule has 1 aliphatic rings. The molecular weight excluding hydrogens is 470 g/mol. The summed E-state index contributed by atoms with van der Waals surface area (Å²) >= 11 is 1.43. The van der Waals surface area contributed by atoms with Crippen LogP contribution in [0.3, 0.4) is 0 Å². The van der Waals surface area contributed by atoms with Crippen molar-refractivity contribution >= 4 is 34.4 Å². The molecule has 0 radical (unpaired) electrons. The van der Waals surface area contributed by atoms with E-state index in [-0.39, 0.29) is 5.78 Å². The van der Waals surface area contributed by atoms with Crippen LogP contribution in [-0.4, -0.2) is 51.8 Å². The molecule has 0 spiro atoms. The Hall–Kier alpha value is -3.88. The van der Waals surface area contributed by atoms with E-state index in [1.54, 1.807) is 0 Å². The third-order valence-corrected chi connectivity index (χ3v) is 7.54. The number of benzene rings is 3. The van der Waals surface area contributed by atoms with Crippen molar-refractivity contribution in [3.63, 3.8) is 0 Å². The van der Waals surface area contributed by atoms with E-state index in [1.807, 2.05) is 91.1 Å². The molecule has 1 aliphatic heterocycles. The van der Waals surface area contributed by atoms with Crippen LogP contribution in [0, 0.1) is 0 Å². The van der Waals surface area contributed by atoms with Crippen LogP contribution >= 0.6 is 11.8 Å². The number of aromatic nitrogens is 4. The molecule has 3 heterocycles. The number of carbonyl (C=O) groups is 1. The van der Waals surface area contributed by atoms with Crippen molar-refractivity contribution in [2.24, 2.45) is 0 Å². The molecule has 2 aromatic heterocycles. The first-order valence-corrected chi connectivity index (χ1v) is 12.8. The van der Waals surface area contributed by atoms with Crippen molar-refractivity contribution in [3.05, 3.63) is 102 Å². The van der Waals surface area contributed by atoms with Crippen molar-refractivity contribution in [3.8, 4) is 5.69 Å². The van der Waals surface area contributed by atoms with Crippen LogP contribution < -0.4 is 4.90 Å². The van der Waals surface area contributed by atoms with E-state index in [0.717, 1.165) is 41.2 Å². The number of anilines is 1. The van der Waals surface area contributed by atoms with E-state index < -0.39 is 5.25 Å². The summed E-state index contributed by atoms with van der Waals surface area (Å²) in [5, 5.41) is 10.3. The molecule has 1 unspecified atom stereocenters. The van der Waals surface area contributed by atoms with Gasteiger partial charge in [-0.25, -0.2) is 0 Å². The Morgan fingerprint density at radius 3 is 2.36 bits per heavy atom. The van der Waals surface area contributed by atoms with Crippen LogP contribution in [0.1, 0.15) is 21.2 Å². The number of Topliss-reactive ketones (excluding diaryl/α,β-unsaturated/α-hetero) is 1. The highest BCUT2D eigenvalue weighted by atomic mass is 32.2. The minimum absolute atomic E-state index is 0.0270. The number of morpholine rings is 1. The van der Waals surface area contributed by atoms with Gasteiger partial charge in [0, 0.05) is 35.8 Å². The number of aromatic amines is 1. The average Bonchev–Trinajstić information content (AvgIpc) is 3.57. The Labute approximate surface area is 213 Å². The largest absolute Gasteiger partial charge is 0.378 e. The van der Waals surface area contributed by atoms with Gasteiger partial charge in [-0.3, -0.25) is 9.36 Å². The number of H-pyrrole nitrogens is 1. The zero-order chi connectivity index (χ0) is 24.3. The fourth-order valence-corrected chi connectivity index (χ4v) is 5.65. The van der Waals surface area contributed by atoms with Gasteiger partial charge in [0.1, 0.15) is 5.25 Å². The fourth-order valence-electron chi connectivity index (χ4n) is 4.53. The Kier molecular flexibility index (Phi) is 6.27. The zero-order valence-electron chi connectivity index (χ0n) is 19.6. The number of para-hydroxylation sites is 2. The zero-order valence-corrected chi connectivity index (χ0v) is 20.4. The molecule has 0 saturated carbocycles. The molecule has 36 heavy (non-hydrogen) atoms. The van der Waals surface area contributed by atoms with Gasteiger partial charge >= 0.3 is 0 Å². The molecule has 0 bridgehead atoms. The normalized spacial score (nSPS) is 14.7. The quantitative estimate of drug-likeness (QED) is 0.244. The van der Waals surface area contributed by atoms with Crippen molar-refractivity contribution < 1.29 is 9.53 Å². The maximum absolute atomic E-state index is 14.1. The Bertz CT molecular complexity index is 1480. The number of fused-ring (bicyclic) bond motifs is 1. The Morgan fingerprint density at radius 2 is 1.58 bits per heavy atom. The van der Waals surface area contributed by atoms with Crippen molar-refractivity contribution in [2.45, 2.75) is 10.4 Å². The average molecular weight is 496 g/mol. The fraction of sp³-hybridized carbons (Fsp3) is 0.179. The predicted octanol–water partition coefficient (Wildman–Crippen LogP) is 5.30. The summed E-state index contributed by atoms with van der Waals surface area (Å²) in [5.74, 6) is 0.789. The summed E-state index contributed by atoms with van der Waals surface area (Å²) in [5.41, 5.74) is 3.50. The maximum atomic E-state index is 14.1. The van der Waals surface area contributed by atoms with E-state index in [9.17, 15) is 4.79 Å². The molecule has 1 atom stereocenters. The van der Waals surface area contributed by atoms with Gasteiger partial charge in [0.25, 0.3) is 0 Å². The second kappa shape index (κ2) is 10.0. The second-order valence-corrected chi connectivity index (χ2v) is 9.65. The SMILES string of the molecule is O=C(c1c[nH]c2ccccc12)C(Sc1nnc(N2CCOCC2)n1-c1ccccc1)c1ccccc1. The number of hydrogen-bond donors (Lipinski definition) is 1. The smallest absolute Gasteiger partial charge is 0.232 e. The number of nitrogens with zero attached hydrogens (tertiary/aromatic N) is 4. The maximum Gasteiger partial charge on any atom is 0.232 e. The third kappa shape index (κ3) is 4.29. The molecule has 180 valence electrons. The third-order valence-electron chi connectivity index (χ3n) is 6.34. The summed E-state index contributed by atoms with van der Waals surface area (Å²) < 4.78 is 7.60. The highest BCUT2D eigenvalue weighted by Gasteiger charge is 2.30. The summed E-state index contributed by atoms with van der Waals surface area (Å²) in [6.07, 6.45) is 1.81. The first kappa shape index (κ1) is 22.6. The van der Waals surface area contributed by atoms with Crippen LogP contribution in [0.4, 0.5) is 5.95 Å². The summed E-state index contributed by atoms with van der Waals surface area (Å²) in [7, 11) is 0. The summed E-state index contributed by atoms with van der Waals surface area (Å²) in [6.45, 7) is 2.78. The molecule has 0 aliphatic carbocycles. The minimum atomic E-state index is -0.491. The van der Waals surface area contributed by atoms with Crippen LogP contribution in [0.15, 0.2) is 96.3 Å². The number of rotatable bonds is 7. The lowest BCUT2D eigenvalue weighted by Crippen LogP contribution is -2.37. The molecule has 1 N–H and O–H groups in total. The molecule has 1 saturated heterocycles. The van der Waals surface area contributed by atoms with Gasteiger partial charge in [-0.05, 0) is 23.8 Å². The number of nitrogens with one attached hydrogen (secondary N) is 1. The number of ether oxygens (including phenoxy) is 1. The van der Waals surface area contributed by atoms with Gasteiger partial charge < -0.3 is 14.6 Å². The lowest BCUT2D eigenvalue weighted by atomic mass is 10.0. The van der Waals surface area contributed by atoms with Crippen molar-refractivity contribution in [2.75, 3.05) is 31.2 Å².